The second-order valence-electron chi connectivity index (χ2n) is 10.2. The number of aromatic nitrogens is 7. The van der Waals surface area contributed by atoms with Gasteiger partial charge in [0, 0.05) is 24.9 Å². The van der Waals surface area contributed by atoms with Crippen LogP contribution in [-0.4, -0.2) is 80.5 Å². The number of nitrogens with zero attached hydrogens (tertiary/aromatic N) is 8. The molecule has 1 aliphatic rings. The number of rotatable bonds is 11. The van der Waals surface area contributed by atoms with Crippen molar-refractivity contribution < 1.29 is 23.8 Å². The Kier molecular flexibility index (Phi) is 8.41. The van der Waals surface area contributed by atoms with Crippen molar-refractivity contribution in [2.24, 2.45) is 0 Å². The van der Waals surface area contributed by atoms with E-state index in [0.717, 1.165) is 12.8 Å². The molecular formula is C30H31N9O5. The average Bonchev–Trinajstić information content (AvgIpc) is 3.86. The Morgan fingerprint density at radius 2 is 1.91 bits per heavy atom. The quantitative estimate of drug-likeness (QED) is 0.240. The van der Waals surface area contributed by atoms with Crippen LogP contribution in [0.1, 0.15) is 24.4 Å². The van der Waals surface area contributed by atoms with Crippen LogP contribution in [0.2, 0.25) is 0 Å². The summed E-state index contributed by atoms with van der Waals surface area (Å²) < 4.78 is 19.7. The summed E-state index contributed by atoms with van der Waals surface area (Å²) in [5.74, 6) is 0.246. The molecule has 1 aliphatic heterocycles. The lowest BCUT2D eigenvalue weighted by Gasteiger charge is -2.32. The summed E-state index contributed by atoms with van der Waals surface area (Å²) in [7, 11) is 3.08. The molecule has 0 unspecified atom stereocenters. The van der Waals surface area contributed by atoms with Crippen LogP contribution in [0.4, 0.5) is 5.69 Å². The monoisotopic (exact) mass is 597 g/mol. The third kappa shape index (κ3) is 5.92. The van der Waals surface area contributed by atoms with Gasteiger partial charge in [0.05, 0.1) is 25.8 Å². The minimum absolute atomic E-state index is 0.0863. The summed E-state index contributed by atoms with van der Waals surface area (Å²) in [6, 6.07) is 18.5. The first-order valence-corrected chi connectivity index (χ1v) is 14.1. The van der Waals surface area contributed by atoms with E-state index < -0.39 is 11.9 Å². The number of methoxy groups -OCH3 is 2. The van der Waals surface area contributed by atoms with Gasteiger partial charge in [0.15, 0.2) is 0 Å². The molecular weight excluding hydrogens is 566 g/mol. The lowest BCUT2D eigenvalue weighted by atomic mass is 10.0. The van der Waals surface area contributed by atoms with E-state index in [1.54, 1.807) is 49.6 Å². The zero-order chi connectivity index (χ0) is 30.5. The van der Waals surface area contributed by atoms with E-state index in [0.29, 0.717) is 52.6 Å². The molecule has 14 heteroatoms. The fourth-order valence-corrected chi connectivity index (χ4v) is 5.27. The molecule has 0 bridgehead atoms. The van der Waals surface area contributed by atoms with Crippen molar-refractivity contribution in [3.63, 3.8) is 0 Å². The van der Waals surface area contributed by atoms with Gasteiger partial charge in [-0.15, -0.1) is 10.2 Å². The number of amides is 2. The molecule has 1 fully saturated rings. The van der Waals surface area contributed by atoms with Crippen LogP contribution in [0.5, 0.6) is 11.5 Å². The fourth-order valence-electron chi connectivity index (χ4n) is 5.27. The Morgan fingerprint density at radius 3 is 2.64 bits per heavy atom. The Morgan fingerprint density at radius 1 is 1.07 bits per heavy atom. The molecule has 1 N–H and O–H groups in total. The van der Waals surface area contributed by atoms with Crippen LogP contribution in [0.15, 0.2) is 73.1 Å². The number of carbonyl (C=O) groups is 2. The van der Waals surface area contributed by atoms with E-state index in [4.69, 9.17) is 14.2 Å². The second kappa shape index (κ2) is 12.9. The predicted octanol–water partition coefficient (Wildman–Crippen LogP) is 2.49. The second-order valence-corrected chi connectivity index (χ2v) is 10.2. The summed E-state index contributed by atoms with van der Waals surface area (Å²) in [4.78, 5) is 30.0. The molecule has 0 radical (unpaired) electrons. The zero-order valence-electron chi connectivity index (χ0n) is 24.2. The molecule has 3 aromatic carbocycles. The minimum Gasteiger partial charge on any atom is -0.497 e. The fraction of sp³-hybridized carbons (Fsp3) is 0.300. The first kappa shape index (κ1) is 28.7. The minimum atomic E-state index is -1.06. The number of hydrogen-bond acceptors (Lipinski definition) is 10. The summed E-state index contributed by atoms with van der Waals surface area (Å²) in [6.45, 7) is 0.804. The van der Waals surface area contributed by atoms with Crippen molar-refractivity contribution in [2.75, 3.05) is 32.3 Å². The van der Waals surface area contributed by atoms with Gasteiger partial charge < -0.3 is 19.5 Å². The maximum Gasteiger partial charge on any atom is 0.249 e. The highest BCUT2D eigenvalue weighted by Crippen LogP contribution is 2.34. The van der Waals surface area contributed by atoms with E-state index in [9.17, 15) is 9.59 Å². The number of carbonyl (C=O) groups excluding carboxylic acids is 2. The molecule has 2 aromatic heterocycles. The van der Waals surface area contributed by atoms with E-state index in [2.05, 4.69) is 31.2 Å². The SMILES string of the molecule is COc1ccc([C@H](C(=O)NC[C@H]2CCCO2)N(C(=O)Cn2nnc3ccccc32)c2ccc(-n3cnnn3)c(OC)c2)cc1. The van der Waals surface area contributed by atoms with Crippen LogP contribution in [-0.2, 0) is 20.9 Å². The smallest absolute Gasteiger partial charge is 0.249 e. The predicted molar refractivity (Wildman–Crippen MR) is 158 cm³/mol. The van der Waals surface area contributed by atoms with Crippen molar-refractivity contribution in [1.29, 1.82) is 0 Å². The van der Waals surface area contributed by atoms with Crippen molar-refractivity contribution in [3.8, 4) is 17.2 Å². The third-order valence-electron chi connectivity index (χ3n) is 7.48. The number of para-hydroxylation sites is 1. The number of nitrogens with one attached hydrogen (secondary N) is 1. The highest BCUT2D eigenvalue weighted by Gasteiger charge is 2.34. The van der Waals surface area contributed by atoms with Gasteiger partial charge in [0.25, 0.3) is 0 Å². The van der Waals surface area contributed by atoms with Crippen LogP contribution >= 0.6 is 0 Å². The summed E-state index contributed by atoms with van der Waals surface area (Å²) >= 11 is 0. The van der Waals surface area contributed by atoms with Crippen molar-refractivity contribution in [3.05, 3.63) is 78.6 Å². The zero-order valence-corrected chi connectivity index (χ0v) is 24.2. The van der Waals surface area contributed by atoms with Crippen molar-refractivity contribution in [1.82, 2.24) is 40.5 Å². The molecule has 2 amide bonds. The molecule has 44 heavy (non-hydrogen) atoms. The van der Waals surface area contributed by atoms with Crippen LogP contribution in [0, 0.1) is 0 Å². The number of ether oxygens (including phenoxy) is 3. The molecule has 2 atom stereocenters. The highest BCUT2D eigenvalue weighted by molar-refractivity contribution is 6.02. The van der Waals surface area contributed by atoms with E-state index in [1.165, 1.54) is 27.7 Å². The number of hydrogen-bond donors (Lipinski definition) is 1. The Labute approximate surface area is 252 Å². The van der Waals surface area contributed by atoms with Crippen molar-refractivity contribution in [2.45, 2.75) is 31.5 Å². The Bertz CT molecular complexity index is 1730. The van der Waals surface area contributed by atoms with Gasteiger partial charge in [0.1, 0.15) is 41.6 Å². The number of anilines is 1. The molecule has 5 aromatic rings. The first-order valence-electron chi connectivity index (χ1n) is 14.1. The summed E-state index contributed by atoms with van der Waals surface area (Å²) in [5.41, 5.74) is 2.90. The average molecular weight is 598 g/mol. The molecule has 6 rings (SSSR count). The van der Waals surface area contributed by atoms with Gasteiger partial charge in [-0.1, -0.05) is 29.5 Å². The van der Waals surface area contributed by atoms with Crippen LogP contribution < -0.4 is 19.7 Å². The van der Waals surface area contributed by atoms with Crippen molar-refractivity contribution >= 4 is 28.5 Å². The number of fused-ring (bicyclic) bond motifs is 1. The Hall–Kier alpha value is -5.37. The first-order chi connectivity index (χ1) is 21.6. The topological polar surface area (TPSA) is 151 Å². The highest BCUT2D eigenvalue weighted by atomic mass is 16.5. The Balaban J connectivity index is 1.44. The maximum absolute atomic E-state index is 14.4. The molecule has 14 nitrogen and oxygen atoms in total. The third-order valence-corrected chi connectivity index (χ3v) is 7.48. The lowest BCUT2D eigenvalue weighted by Crippen LogP contribution is -2.46. The van der Waals surface area contributed by atoms with E-state index in [-0.39, 0.29) is 18.6 Å². The summed E-state index contributed by atoms with van der Waals surface area (Å²) in [5, 5.41) is 22.8. The van der Waals surface area contributed by atoms with Gasteiger partial charge >= 0.3 is 0 Å². The maximum atomic E-state index is 14.4. The summed E-state index contributed by atoms with van der Waals surface area (Å²) in [6.07, 6.45) is 3.14. The molecule has 3 heterocycles. The van der Waals surface area contributed by atoms with E-state index in [1.807, 2.05) is 24.3 Å². The lowest BCUT2D eigenvalue weighted by molar-refractivity contribution is -0.127. The van der Waals surface area contributed by atoms with Gasteiger partial charge in [-0.05, 0) is 65.2 Å². The van der Waals surface area contributed by atoms with Gasteiger partial charge in [-0.3, -0.25) is 14.5 Å². The van der Waals surface area contributed by atoms with Gasteiger partial charge in [-0.25, -0.2) is 4.68 Å². The van der Waals surface area contributed by atoms with Gasteiger partial charge in [-0.2, -0.15) is 4.68 Å². The molecule has 226 valence electrons. The standard InChI is InChI=1S/C30H31N9O5/c1-42-22-12-9-20(10-13-22)29(30(41)31-17-23-6-5-15-44-23)39(28(40)18-37-25-8-4-3-7-24(25)33-35-37)21-11-14-26(27(16-21)43-2)38-19-32-34-36-38/h3-4,7-14,16,19,23,29H,5-6,15,17-18H2,1-2H3,(H,31,41)/t23-,29-/m1/s1. The number of tetrazole rings is 1. The molecule has 0 spiro atoms. The van der Waals surface area contributed by atoms with Crippen LogP contribution in [0.3, 0.4) is 0 Å². The largest absolute Gasteiger partial charge is 0.497 e. The van der Waals surface area contributed by atoms with Gasteiger partial charge in [0.2, 0.25) is 11.8 Å². The van der Waals surface area contributed by atoms with E-state index >= 15 is 0 Å². The normalized spacial score (nSPS) is 15.2. The number of benzene rings is 3. The molecule has 0 aliphatic carbocycles. The van der Waals surface area contributed by atoms with Crippen LogP contribution in [0.25, 0.3) is 16.7 Å². The molecule has 0 saturated carbocycles. The molecule has 1 saturated heterocycles.